The predicted molar refractivity (Wildman–Crippen MR) is 108 cm³/mol. The number of ether oxygens (including phenoxy) is 1. The van der Waals surface area contributed by atoms with Crippen molar-refractivity contribution in [3.63, 3.8) is 0 Å². The third-order valence-electron chi connectivity index (χ3n) is 5.89. The molecular formula is C23H27N3O2. The van der Waals surface area contributed by atoms with Crippen LogP contribution in [0.25, 0.3) is 0 Å². The van der Waals surface area contributed by atoms with Crippen LogP contribution in [0, 0.1) is 11.3 Å². The number of hydrogen-bond donors (Lipinski definition) is 1. The summed E-state index contributed by atoms with van der Waals surface area (Å²) >= 11 is 0. The van der Waals surface area contributed by atoms with Crippen molar-refractivity contribution in [3.8, 4) is 11.8 Å². The first-order valence-corrected chi connectivity index (χ1v) is 9.89. The Morgan fingerprint density at radius 1 is 1.11 bits per heavy atom. The Kier molecular flexibility index (Phi) is 5.11. The van der Waals surface area contributed by atoms with E-state index in [1.807, 2.05) is 32.0 Å². The molecule has 5 nitrogen and oxygen atoms in total. The summed E-state index contributed by atoms with van der Waals surface area (Å²) in [7, 11) is 0. The number of aliphatic hydroxyl groups is 1. The van der Waals surface area contributed by atoms with Crippen LogP contribution in [0.3, 0.4) is 0 Å². The molecule has 4 rings (SSSR count). The summed E-state index contributed by atoms with van der Waals surface area (Å²) in [5.74, 6) is 0.769. The lowest BCUT2D eigenvalue weighted by atomic mass is 9.84. The van der Waals surface area contributed by atoms with Gasteiger partial charge in [-0.05, 0) is 37.6 Å². The molecule has 0 aromatic heterocycles. The third-order valence-corrected chi connectivity index (χ3v) is 5.89. The topological polar surface area (TPSA) is 59.7 Å². The molecule has 2 aromatic rings. The van der Waals surface area contributed by atoms with Gasteiger partial charge in [-0.15, -0.1) is 0 Å². The number of fused-ring (bicyclic) bond motifs is 1. The Bertz CT molecular complexity index is 867. The molecule has 0 unspecified atom stereocenters. The van der Waals surface area contributed by atoms with Crippen molar-refractivity contribution >= 4 is 0 Å². The zero-order chi connectivity index (χ0) is 19.7. The van der Waals surface area contributed by atoms with Gasteiger partial charge in [-0.3, -0.25) is 9.80 Å². The smallest absolute Gasteiger partial charge is 0.131 e. The number of hydrogen-bond acceptors (Lipinski definition) is 5. The molecule has 146 valence electrons. The van der Waals surface area contributed by atoms with Gasteiger partial charge in [0, 0.05) is 38.3 Å². The van der Waals surface area contributed by atoms with Crippen LogP contribution in [0.15, 0.2) is 48.5 Å². The molecule has 2 aromatic carbocycles. The molecular weight excluding hydrogens is 350 g/mol. The second-order valence-corrected chi connectivity index (χ2v) is 8.26. The Morgan fingerprint density at radius 2 is 1.82 bits per heavy atom. The van der Waals surface area contributed by atoms with Crippen LogP contribution >= 0.6 is 0 Å². The van der Waals surface area contributed by atoms with E-state index >= 15 is 0 Å². The van der Waals surface area contributed by atoms with E-state index in [1.165, 1.54) is 5.56 Å². The van der Waals surface area contributed by atoms with E-state index in [0.29, 0.717) is 5.56 Å². The first kappa shape index (κ1) is 18.9. The van der Waals surface area contributed by atoms with Crippen LogP contribution in [0.5, 0.6) is 5.75 Å². The van der Waals surface area contributed by atoms with Crippen molar-refractivity contribution in [2.45, 2.75) is 38.1 Å². The van der Waals surface area contributed by atoms with Crippen molar-refractivity contribution in [3.05, 3.63) is 65.2 Å². The van der Waals surface area contributed by atoms with Crippen molar-refractivity contribution in [1.82, 2.24) is 9.80 Å². The van der Waals surface area contributed by atoms with Gasteiger partial charge < -0.3 is 9.84 Å². The second kappa shape index (κ2) is 7.56. The van der Waals surface area contributed by atoms with E-state index in [9.17, 15) is 10.4 Å². The van der Waals surface area contributed by atoms with Crippen LogP contribution in [-0.2, 0) is 6.54 Å². The number of piperazine rings is 1. The van der Waals surface area contributed by atoms with Gasteiger partial charge >= 0.3 is 0 Å². The number of benzene rings is 2. The predicted octanol–water partition coefficient (Wildman–Crippen LogP) is 2.95. The lowest BCUT2D eigenvalue weighted by molar-refractivity contribution is -0.0999. The Hall–Kier alpha value is -2.39. The molecule has 0 bridgehead atoms. The van der Waals surface area contributed by atoms with Crippen molar-refractivity contribution in [2.75, 3.05) is 26.2 Å². The van der Waals surface area contributed by atoms with Crippen LogP contribution in [0.4, 0.5) is 0 Å². The Morgan fingerprint density at radius 3 is 2.50 bits per heavy atom. The van der Waals surface area contributed by atoms with E-state index in [2.05, 4.69) is 40.1 Å². The van der Waals surface area contributed by atoms with E-state index in [0.717, 1.165) is 44.0 Å². The van der Waals surface area contributed by atoms with Crippen LogP contribution in [-0.4, -0.2) is 52.8 Å². The highest BCUT2D eigenvalue weighted by molar-refractivity contribution is 5.46. The van der Waals surface area contributed by atoms with Gasteiger partial charge in [0.2, 0.25) is 0 Å². The maximum absolute atomic E-state index is 11.1. The molecule has 1 fully saturated rings. The zero-order valence-electron chi connectivity index (χ0n) is 16.5. The van der Waals surface area contributed by atoms with Crippen LogP contribution in [0.1, 0.15) is 36.6 Å². The Labute approximate surface area is 166 Å². The minimum absolute atomic E-state index is 0.161. The van der Waals surface area contributed by atoms with E-state index < -0.39 is 11.7 Å². The monoisotopic (exact) mass is 377 g/mol. The summed E-state index contributed by atoms with van der Waals surface area (Å²) in [6, 6.07) is 18.1. The van der Waals surface area contributed by atoms with Gasteiger partial charge in [0.05, 0.1) is 17.7 Å². The van der Waals surface area contributed by atoms with Gasteiger partial charge in [-0.25, -0.2) is 0 Å². The molecule has 28 heavy (non-hydrogen) atoms. The number of aliphatic hydroxyl groups excluding tert-OH is 1. The lowest BCUT2D eigenvalue weighted by Crippen LogP contribution is -2.57. The maximum Gasteiger partial charge on any atom is 0.131 e. The highest BCUT2D eigenvalue weighted by Gasteiger charge is 2.45. The van der Waals surface area contributed by atoms with E-state index in [1.54, 1.807) is 6.07 Å². The summed E-state index contributed by atoms with van der Waals surface area (Å²) in [4.78, 5) is 4.80. The molecule has 1 saturated heterocycles. The average molecular weight is 377 g/mol. The molecule has 2 atom stereocenters. The fourth-order valence-electron chi connectivity index (χ4n) is 4.27. The number of nitriles is 1. The van der Waals surface area contributed by atoms with Crippen molar-refractivity contribution < 1.29 is 9.84 Å². The lowest BCUT2D eigenvalue weighted by Gasteiger charge is -2.48. The highest BCUT2D eigenvalue weighted by atomic mass is 16.5. The number of rotatable bonds is 3. The largest absolute Gasteiger partial charge is 0.485 e. The Balaban J connectivity index is 1.53. The molecule has 0 saturated carbocycles. The summed E-state index contributed by atoms with van der Waals surface area (Å²) in [5, 5.41) is 20.4. The molecule has 2 aliphatic rings. The summed E-state index contributed by atoms with van der Waals surface area (Å²) < 4.78 is 6.06. The molecule has 1 N–H and O–H groups in total. The highest BCUT2D eigenvalue weighted by Crippen LogP contribution is 2.43. The summed E-state index contributed by atoms with van der Waals surface area (Å²) in [5.41, 5.74) is 2.17. The molecule has 0 radical (unpaired) electrons. The van der Waals surface area contributed by atoms with E-state index in [4.69, 9.17) is 4.74 Å². The molecule has 5 heteroatoms. The van der Waals surface area contributed by atoms with Gasteiger partial charge in [0.1, 0.15) is 17.5 Å². The maximum atomic E-state index is 11.1. The molecule has 0 amide bonds. The standard InChI is InChI=1S/C23H27N3O2/c1-23(2)22(27)21(19-14-18(15-24)8-9-20(19)28-23)26-12-10-25(11-13-26)16-17-6-4-3-5-7-17/h3-9,14,21-22,27H,10-13,16H2,1-2H3/t21-,22+/m0/s1. The second-order valence-electron chi connectivity index (χ2n) is 8.26. The minimum Gasteiger partial charge on any atom is -0.485 e. The van der Waals surface area contributed by atoms with Crippen LogP contribution < -0.4 is 4.74 Å². The molecule has 2 heterocycles. The molecule has 0 aliphatic carbocycles. The zero-order valence-corrected chi connectivity index (χ0v) is 16.5. The first-order chi connectivity index (χ1) is 13.5. The van der Waals surface area contributed by atoms with Gasteiger partial charge in [0.15, 0.2) is 0 Å². The van der Waals surface area contributed by atoms with Crippen molar-refractivity contribution in [2.24, 2.45) is 0 Å². The van der Waals surface area contributed by atoms with Gasteiger partial charge in [-0.1, -0.05) is 30.3 Å². The minimum atomic E-state index is -0.674. The quantitative estimate of drug-likeness (QED) is 0.891. The fourth-order valence-corrected chi connectivity index (χ4v) is 4.27. The summed E-state index contributed by atoms with van der Waals surface area (Å²) in [6.45, 7) is 8.46. The first-order valence-electron chi connectivity index (χ1n) is 9.89. The van der Waals surface area contributed by atoms with Gasteiger partial charge in [-0.2, -0.15) is 5.26 Å². The normalized spacial score (nSPS) is 24.8. The van der Waals surface area contributed by atoms with Crippen molar-refractivity contribution in [1.29, 1.82) is 5.26 Å². The third kappa shape index (κ3) is 3.64. The average Bonchev–Trinajstić information content (AvgIpc) is 2.70. The molecule has 2 aliphatic heterocycles. The van der Waals surface area contributed by atoms with Crippen LogP contribution in [0.2, 0.25) is 0 Å². The number of nitrogens with zero attached hydrogens (tertiary/aromatic N) is 3. The summed E-state index contributed by atoms with van der Waals surface area (Å²) in [6.07, 6.45) is -0.658. The van der Waals surface area contributed by atoms with Gasteiger partial charge in [0.25, 0.3) is 0 Å². The SMILES string of the molecule is CC1(C)Oc2ccc(C#N)cc2[C@H](N2CCN(Cc3ccccc3)CC2)[C@H]1O. The molecule has 0 spiro atoms. The fraction of sp³-hybridized carbons (Fsp3) is 0.435. The van der Waals surface area contributed by atoms with E-state index in [-0.39, 0.29) is 6.04 Å².